The summed E-state index contributed by atoms with van der Waals surface area (Å²) in [6, 6.07) is 21.3. The summed E-state index contributed by atoms with van der Waals surface area (Å²) in [5.74, 6) is -0.153. The fourth-order valence-corrected chi connectivity index (χ4v) is 4.09. The molecule has 0 spiro atoms. The fraction of sp³-hybridized carbons (Fsp3) is 0.130. The maximum Gasteiger partial charge on any atom is 0.259 e. The summed E-state index contributed by atoms with van der Waals surface area (Å²) in [6.07, 6.45) is 0. The van der Waals surface area contributed by atoms with Crippen molar-refractivity contribution in [2.45, 2.75) is 19.4 Å². The fourth-order valence-electron chi connectivity index (χ4n) is 3.67. The van der Waals surface area contributed by atoms with Gasteiger partial charge in [0.1, 0.15) is 17.4 Å². The van der Waals surface area contributed by atoms with Crippen molar-refractivity contribution < 1.29 is 4.74 Å². The molecule has 2 heterocycles. The van der Waals surface area contributed by atoms with E-state index >= 15 is 0 Å². The Morgan fingerprint density at radius 1 is 1.17 bits per heavy atom. The number of aryl methyl sites for hydroxylation is 1. The Labute approximate surface area is 176 Å². The lowest BCUT2D eigenvalue weighted by Gasteiger charge is -2.27. The van der Waals surface area contributed by atoms with Gasteiger partial charge in [0, 0.05) is 16.2 Å². The quantitative estimate of drug-likeness (QED) is 0.652. The van der Waals surface area contributed by atoms with Crippen molar-refractivity contribution in [2.75, 3.05) is 0 Å². The van der Waals surface area contributed by atoms with Crippen molar-refractivity contribution in [2.24, 2.45) is 5.73 Å². The highest BCUT2D eigenvalue weighted by molar-refractivity contribution is 9.10. The zero-order valence-electron chi connectivity index (χ0n) is 15.7. The molecule has 0 bridgehead atoms. The summed E-state index contributed by atoms with van der Waals surface area (Å²) in [4.78, 5) is 13.6. The van der Waals surface area contributed by atoms with Crippen LogP contribution in [0.5, 0.6) is 5.75 Å². The minimum Gasteiger partial charge on any atom is -0.440 e. The molecular weight excluding hydrogens is 430 g/mol. The molecule has 1 atom stereocenters. The Kier molecular flexibility index (Phi) is 4.99. The van der Waals surface area contributed by atoms with Crippen LogP contribution < -0.4 is 16.0 Å². The van der Waals surface area contributed by atoms with Gasteiger partial charge in [0.05, 0.1) is 18.0 Å². The first-order valence-electron chi connectivity index (χ1n) is 9.11. The lowest BCUT2D eigenvalue weighted by Crippen LogP contribution is -2.33. The van der Waals surface area contributed by atoms with E-state index in [1.54, 1.807) is 4.57 Å². The maximum atomic E-state index is 13.6. The first-order chi connectivity index (χ1) is 14.0. The zero-order chi connectivity index (χ0) is 20.5. The van der Waals surface area contributed by atoms with E-state index in [-0.39, 0.29) is 17.0 Å². The van der Waals surface area contributed by atoms with E-state index in [4.69, 9.17) is 10.5 Å². The number of nitriles is 1. The van der Waals surface area contributed by atoms with Gasteiger partial charge in [-0.1, -0.05) is 58.4 Å². The van der Waals surface area contributed by atoms with Gasteiger partial charge in [-0.15, -0.1) is 0 Å². The molecule has 3 aromatic rings. The number of hydrogen-bond donors (Lipinski definition) is 1. The molecule has 0 fully saturated rings. The number of aromatic nitrogens is 1. The average molecular weight is 448 g/mol. The highest BCUT2D eigenvalue weighted by Crippen LogP contribution is 2.41. The van der Waals surface area contributed by atoms with Crippen LogP contribution >= 0.6 is 15.9 Å². The molecule has 1 aliphatic heterocycles. The van der Waals surface area contributed by atoms with Crippen molar-refractivity contribution in [3.63, 3.8) is 0 Å². The first-order valence-corrected chi connectivity index (χ1v) is 9.90. The van der Waals surface area contributed by atoms with Crippen LogP contribution in [0.2, 0.25) is 0 Å². The number of nitrogens with two attached hydrogens (primary N) is 1. The van der Waals surface area contributed by atoms with Crippen molar-refractivity contribution in [3.8, 4) is 11.8 Å². The summed E-state index contributed by atoms with van der Waals surface area (Å²) < 4.78 is 8.26. The van der Waals surface area contributed by atoms with Crippen molar-refractivity contribution in [1.82, 2.24) is 4.57 Å². The molecule has 6 heteroatoms. The highest BCUT2D eigenvalue weighted by Gasteiger charge is 2.34. The topological polar surface area (TPSA) is 81.0 Å². The second-order valence-electron chi connectivity index (χ2n) is 6.92. The van der Waals surface area contributed by atoms with Crippen LogP contribution in [0.1, 0.15) is 28.3 Å². The van der Waals surface area contributed by atoms with Gasteiger partial charge in [-0.3, -0.25) is 4.79 Å². The number of pyridine rings is 1. The number of allylic oxidation sites excluding steroid dienone is 1. The molecule has 1 aromatic heterocycles. The standard InChI is InChI=1S/C23H18BrN3O2/c1-14-10-19-21(23(28)27(14)13-15-6-3-2-4-7-15)20(18(12-25)22(26)29-19)16-8-5-9-17(24)11-16/h2-11,20H,13,26H2,1H3. The highest BCUT2D eigenvalue weighted by atomic mass is 79.9. The third-order valence-electron chi connectivity index (χ3n) is 5.06. The molecule has 0 amide bonds. The first kappa shape index (κ1) is 19.0. The molecule has 4 rings (SSSR count). The van der Waals surface area contributed by atoms with Crippen LogP contribution in [-0.2, 0) is 6.54 Å². The van der Waals surface area contributed by atoms with Gasteiger partial charge in [0.2, 0.25) is 5.88 Å². The predicted octanol–water partition coefficient (Wildman–Crippen LogP) is 4.19. The van der Waals surface area contributed by atoms with Crippen molar-refractivity contribution in [1.29, 1.82) is 5.26 Å². The number of hydrogen-bond acceptors (Lipinski definition) is 4. The Balaban J connectivity index is 1.94. The lowest BCUT2D eigenvalue weighted by molar-refractivity contribution is 0.389. The molecule has 1 unspecified atom stereocenters. The number of rotatable bonds is 3. The van der Waals surface area contributed by atoms with Crippen LogP contribution in [0.15, 0.2) is 81.4 Å². The van der Waals surface area contributed by atoms with Gasteiger partial charge in [-0.25, -0.2) is 0 Å². The van der Waals surface area contributed by atoms with E-state index in [0.717, 1.165) is 21.3 Å². The Morgan fingerprint density at radius 2 is 1.93 bits per heavy atom. The average Bonchev–Trinajstić information content (AvgIpc) is 2.71. The monoisotopic (exact) mass is 447 g/mol. The molecule has 5 nitrogen and oxygen atoms in total. The van der Waals surface area contributed by atoms with Gasteiger partial charge in [0.15, 0.2) is 0 Å². The van der Waals surface area contributed by atoms with E-state index in [9.17, 15) is 10.1 Å². The van der Waals surface area contributed by atoms with E-state index in [1.165, 1.54) is 0 Å². The largest absolute Gasteiger partial charge is 0.440 e. The van der Waals surface area contributed by atoms with Crippen LogP contribution in [-0.4, -0.2) is 4.57 Å². The maximum absolute atomic E-state index is 13.6. The van der Waals surface area contributed by atoms with Crippen molar-refractivity contribution >= 4 is 15.9 Å². The van der Waals surface area contributed by atoms with Gasteiger partial charge in [-0.2, -0.15) is 5.26 Å². The molecule has 1 aliphatic rings. The zero-order valence-corrected chi connectivity index (χ0v) is 17.3. The number of halogens is 1. The van der Waals surface area contributed by atoms with Crippen LogP contribution in [0.4, 0.5) is 0 Å². The minimum atomic E-state index is -0.587. The van der Waals surface area contributed by atoms with E-state index < -0.39 is 5.92 Å². The number of benzene rings is 2. The summed E-state index contributed by atoms with van der Waals surface area (Å²) in [7, 11) is 0. The molecule has 144 valence electrons. The molecule has 0 saturated heterocycles. The van der Waals surface area contributed by atoms with Crippen LogP contribution in [0, 0.1) is 18.3 Å². The third-order valence-corrected chi connectivity index (χ3v) is 5.55. The normalized spacial score (nSPS) is 15.4. The molecular formula is C23H18BrN3O2. The number of nitrogens with zero attached hydrogens (tertiary/aromatic N) is 2. The summed E-state index contributed by atoms with van der Waals surface area (Å²) in [6.45, 7) is 2.30. The third kappa shape index (κ3) is 3.45. The molecule has 29 heavy (non-hydrogen) atoms. The summed E-state index contributed by atoms with van der Waals surface area (Å²) in [5.41, 5.74) is 9.11. The number of ether oxygens (including phenoxy) is 1. The second kappa shape index (κ2) is 7.61. The summed E-state index contributed by atoms with van der Waals surface area (Å²) in [5, 5.41) is 9.75. The lowest BCUT2D eigenvalue weighted by atomic mass is 9.84. The molecule has 0 radical (unpaired) electrons. The Bertz CT molecular complexity index is 1220. The summed E-state index contributed by atoms with van der Waals surface area (Å²) >= 11 is 3.47. The van der Waals surface area contributed by atoms with Crippen LogP contribution in [0.25, 0.3) is 0 Å². The van der Waals surface area contributed by atoms with Gasteiger partial charge < -0.3 is 15.0 Å². The Morgan fingerprint density at radius 3 is 2.62 bits per heavy atom. The second-order valence-corrected chi connectivity index (χ2v) is 7.84. The van der Waals surface area contributed by atoms with E-state index in [0.29, 0.717) is 17.9 Å². The van der Waals surface area contributed by atoms with Crippen molar-refractivity contribution in [3.05, 3.63) is 109 Å². The van der Waals surface area contributed by atoms with E-state index in [1.807, 2.05) is 67.6 Å². The molecule has 2 aromatic carbocycles. The minimum absolute atomic E-state index is 0.0320. The molecule has 0 aliphatic carbocycles. The van der Waals surface area contributed by atoms with Gasteiger partial charge >= 0.3 is 0 Å². The van der Waals surface area contributed by atoms with Gasteiger partial charge in [-0.05, 0) is 30.2 Å². The van der Waals surface area contributed by atoms with Gasteiger partial charge in [0.25, 0.3) is 5.56 Å². The molecule has 2 N–H and O–H groups in total. The predicted molar refractivity (Wildman–Crippen MR) is 114 cm³/mol. The molecule has 0 saturated carbocycles. The smallest absolute Gasteiger partial charge is 0.259 e. The van der Waals surface area contributed by atoms with E-state index in [2.05, 4.69) is 22.0 Å². The SMILES string of the molecule is Cc1cc2c(c(=O)n1Cc1ccccc1)C(c1cccc(Br)c1)C(C#N)=C(N)O2. The van der Waals surface area contributed by atoms with Crippen LogP contribution in [0.3, 0.4) is 0 Å². The number of fused-ring (bicyclic) bond motifs is 1. The Hall–Kier alpha value is -3.30.